The quantitative estimate of drug-likeness (QED) is 0.747. The molecule has 2 heteroatoms. The van der Waals surface area contributed by atoms with Crippen LogP contribution in [0.25, 0.3) is 0 Å². The van der Waals surface area contributed by atoms with Crippen molar-refractivity contribution >= 4 is 0 Å². The molecule has 0 aromatic heterocycles. The van der Waals surface area contributed by atoms with E-state index in [9.17, 15) is 0 Å². The maximum absolute atomic E-state index is 5.47. The van der Waals surface area contributed by atoms with Crippen LogP contribution in [0.5, 0.6) is 0 Å². The first-order valence-electron chi connectivity index (χ1n) is 7.30. The van der Waals surface area contributed by atoms with Crippen molar-refractivity contribution in [1.29, 1.82) is 0 Å². The monoisotopic (exact) mass is 239 g/mol. The molecule has 1 saturated heterocycles. The third-order valence-corrected chi connectivity index (χ3v) is 4.87. The molecule has 1 heterocycles. The second-order valence-electron chi connectivity index (χ2n) is 6.84. The zero-order valence-corrected chi connectivity index (χ0v) is 12.0. The topological polar surface area (TPSA) is 12.5 Å². The molecular formula is C15H29NO. The van der Waals surface area contributed by atoms with E-state index >= 15 is 0 Å². The highest BCUT2D eigenvalue weighted by Gasteiger charge is 2.45. The van der Waals surface area contributed by atoms with Crippen LogP contribution in [0, 0.1) is 17.3 Å². The van der Waals surface area contributed by atoms with Gasteiger partial charge in [-0.05, 0) is 49.9 Å². The lowest BCUT2D eigenvalue weighted by molar-refractivity contribution is -0.0603. The third kappa shape index (κ3) is 3.03. The molecule has 0 aromatic rings. The fraction of sp³-hybridized carbons (Fsp3) is 1.00. The van der Waals surface area contributed by atoms with Gasteiger partial charge in [0.2, 0.25) is 0 Å². The standard InChI is InChI=1S/C15H29NO/c1-12(2)9-16-10-15(11-16)7-5-14(6-8-15)13(3)17-4/h12-14H,5-11H2,1-4H3. The first-order valence-corrected chi connectivity index (χ1v) is 7.30. The molecular weight excluding hydrogens is 210 g/mol. The summed E-state index contributed by atoms with van der Waals surface area (Å²) in [5.41, 5.74) is 0.693. The molecule has 1 aliphatic carbocycles. The molecule has 2 rings (SSSR count). The number of nitrogens with zero attached hydrogens (tertiary/aromatic N) is 1. The number of ether oxygens (including phenoxy) is 1. The van der Waals surface area contributed by atoms with E-state index in [1.165, 1.54) is 45.3 Å². The molecule has 2 aliphatic rings. The Hall–Kier alpha value is -0.0800. The van der Waals surface area contributed by atoms with Gasteiger partial charge in [-0.3, -0.25) is 0 Å². The first-order chi connectivity index (χ1) is 8.04. The zero-order chi connectivity index (χ0) is 12.5. The molecule has 0 amide bonds. The highest BCUT2D eigenvalue weighted by molar-refractivity contribution is 4.98. The average Bonchev–Trinajstić information content (AvgIpc) is 2.26. The van der Waals surface area contributed by atoms with Gasteiger partial charge in [0, 0.05) is 26.7 Å². The van der Waals surface area contributed by atoms with Crippen LogP contribution < -0.4 is 0 Å². The van der Waals surface area contributed by atoms with E-state index in [1.807, 2.05) is 7.11 Å². The van der Waals surface area contributed by atoms with E-state index in [1.54, 1.807) is 0 Å². The Labute approximate surface area is 107 Å². The summed E-state index contributed by atoms with van der Waals surface area (Å²) in [6.45, 7) is 10.9. The Morgan fingerprint density at radius 2 is 1.76 bits per heavy atom. The van der Waals surface area contributed by atoms with Crippen molar-refractivity contribution in [2.45, 2.75) is 52.6 Å². The molecule has 100 valence electrons. The number of hydrogen-bond donors (Lipinski definition) is 0. The summed E-state index contributed by atoms with van der Waals surface area (Å²) in [5.74, 6) is 1.63. The van der Waals surface area contributed by atoms with E-state index in [0.29, 0.717) is 11.5 Å². The van der Waals surface area contributed by atoms with Crippen molar-refractivity contribution in [2.24, 2.45) is 17.3 Å². The summed E-state index contributed by atoms with van der Waals surface area (Å²) < 4.78 is 5.47. The van der Waals surface area contributed by atoms with E-state index in [4.69, 9.17) is 4.74 Å². The predicted molar refractivity (Wildman–Crippen MR) is 72.1 cm³/mol. The van der Waals surface area contributed by atoms with Gasteiger partial charge in [0.25, 0.3) is 0 Å². The van der Waals surface area contributed by atoms with Gasteiger partial charge in [0.15, 0.2) is 0 Å². The molecule has 0 radical (unpaired) electrons. The van der Waals surface area contributed by atoms with Gasteiger partial charge in [0.1, 0.15) is 0 Å². The number of likely N-dealkylation sites (tertiary alicyclic amines) is 1. The average molecular weight is 239 g/mol. The van der Waals surface area contributed by atoms with Crippen molar-refractivity contribution in [1.82, 2.24) is 4.90 Å². The highest BCUT2D eigenvalue weighted by atomic mass is 16.5. The van der Waals surface area contributed by atoms with Crippen LogP contribution >= 0.6 is 0 Å². The van der Waals surface area contributed by atoms with Crippen LogP contribution in [-0.2, 0) is 4.74 Å². The third-order valence-electron chi connectivity index (χ3n) is 4.87. The van der Waals surface area contributed by atoms with Gasteiger partial charge in [-0.1, -0.05) is 13.8 Å². The summed E-state index contributed by atoms with van der Waals surface area (Å²) in [6, 6.07) is 0. The first kappa shape index (κ1) is 13.4. The SMILES string of the molecule is COC(C)C1CCC2(CC1)CN(CC(C)C)C2. The molecule has 2 nitrogen and oxygen atoms in total. The molecule has 1 saturated carbocycles. The lowest BCUT2D eigenvalue weighted by Crippen LogP contribution is -2.58. The van der Waals surface area contributed by atoms with Crippen LogP contribution in [0.15, 0.2) is 0 Å². The van der Waals surface area contributed by atoms with Crippen LogP contribution in [0.2, 0.25) is 0 Å². The molecule has 0 bridgehead atoms. The maximum atomic E-state index is 5.47. The summed E-state index contributed by atoms with van der Waals surface area (Å²) in [7, 11) is 1.85. The van der Waals surface area contributed by atoms with E-state index in [0.717, 1.165) is 11.8 Å². The number of rotatable bonds is 4. The minimum Gasteiger partial charge on any atom is -0.381 e. The van der Waals surface area contributed by atoms with Crippen molar-refractivity contribution in [3.05, 3.63) is 0 Å². The van der Waals surface area contributed by atoms with Gasteiger partial charge in [0.05, 0.1) is 6.10 Å². The Balaban J connectivity index is 1.74. The van der Waals surface area contributed by atoms with Gasteiger partial charge in [-0.2, -0.15) is 0 Å². The molecule has 1 spiro atoms. The molecule has 1 aliphatic heterocycles. The maximum Gasteiger partial charge on any atom is 0.0571 e. The summed E-state index contributed by atoms with van der Waals surface area (Å²) in [4.78, 5) is 2.64. The lowest BCUT2D eigenvalue weighted by Gasteiger charge is -2.54. The Bertz CT molecular complexity index is 235. The van der Waals surface area contributed by atoms with Crippen LogP contribution in [0.3, 0.4) is 0 Å². The predicted octanol–water partition coefficient (Wildman–Crippen LogP) is 3.17. The van der Waals surface area contributed by atoms with Crippen molar-refractivity contribution in [2.75, 3.05) is 26.7 Å². The zero-order valence-electron chi connectivity index (χ0n) is 12.0. The molecule has 0 aromatic carbocycles. The lowest BCUT2D eigenvalue weighted by atomic mass is 9.65. The number of methoxy groups -OCH3 is 1. The Kier molecular flexibility index (Phi) is 4.14. The Morgan fingerprint density at radius 3 is 2.24 bits per heavy atom. The molecule has 1 atom stereocenters. The van der Waals surface area contributed by atoms with Gasteiger partial charge >= 0.3 is 0 Å². The summed E-state index contributed by atoms with van der Waals surface area (Å²) in [6.07, 6.45) is 6.08. The van der Waals surface area contributed by atoms with Crippen molar-refractivity contribution in [3.8, 4) is 0 Å². The minimum atomic E-state index is 0.458. The molecule has 0 N–H and O–H groups in total. The second kappa shape index (κ2) is 5.27. The highest BCUT2D eigenvalue weighted by Crippen LogP contribution is 2.46. The summed E-state index contributed by atoms with van der Waals surface area (Å²) in [5, 5.41) is 0. The number of hydrogen-bond acceptors (Lipinski definition) is 2. The minimum absolute atomic E-state index is 0.458. The van der Waals surface area contributed by atoms with Gasteiger partial charge < -0.3 is 9.64 Å². The second-order valence-corrected chi connectivity index (χ2v) is 6.84. The smallest absolute Gasteiger partial charge is 0.0571 e. The normalized spacial score (nSPS) is 27.4. The van der Waals surface area contributed by atoms with E-state index < -0.39 is 0 Å². The fourth-order valence-electron chi connectivity index (χ4n) is 3.78. The summed E-state index contributed by atoms with van der Waals surface area (Å²) >= 11 is 0. The van der Waals surface area contributed by atoms with Crippen LogP contribution in [-0.4, -0.2) is 37.7 Å². The molecule has 2 fully saturated rings. The molecule has 1 unspecified atom stereocenters. The fourth-order valence-corrected chi connectivity index (χ4v) is 3.78. The van der Waals surface area contributed by atoms with Gasteiger partial charge in [-0.25, -0.2) is 0 Å². The van der Waals surface area contributed by atoms with Crippen molar-refractivity contribution < 1.29 is 4.74 Å². The Morgan fingerprint density at radius 1 is 1.18 bits per heavy atom. The van der Waals surface area contributed by atoms with Crippen molar-refractivity contribution in [3.63, 3.8) is 0 Å². The van der Waals surface area contributed by atoms with E-state index in [-0.39, 0.29) is 0 Å². The van der Waals surface area contributed by atoms with Gasteiger partial charge in [-0.15, -0.1) is 0 Å². The van der Waals surface area contributed by atoms with E-state index in [2.05, 4.69) is 25.7 Å². The van der Waals surface area contributed by atoms with Crippen LogP contribution in [0.4, 0.5) is 0 Å². The largest absolute Gasteiger partial charge is 0.381 e. The molecule has 17 heavy (non-hydrogen) atoms. The van der Waals surface area contributed by atoms with Crippen LogP contribution in [0.1, 0.15) is 46.5 Å².